The fourth-order valence-electron chi connectivity index (χ4n) is 0.713. The molecule has 64 valence electrons. The minimum Gasteiger partial charge on any atom is -0.396 e. The van der Waals surface area contributed by atoms with Crippen LogP contribution in [0.4, 0.5) is 0 Å². The van der Waals surface area contributed by atoms with E-state index in [4.69, 9.17) is 5.11 Å². The minimum atomic E-state index is -0.389. The molecule has 0 radical (unpaired) electrons. The van der Waals surface area contributed by atoms with Gasteiger partial charge in [-0.1, -0.05) is 18.2 Å². The van der Waals surface area contributed by atoms with E-state index in [1.807, 2.05) is 0 Å². The molecule has 0 saturated carbocycles. The van der Waals surface area contributed by atoms with Crippen LogP contribution in [-0.4, -0.2) is 22.9 Å². The van der Waals surface area contributed by atoms with Gasteiger partial charge in [-0.05, 0) is 19.3 Å². The summed E-state index contributed by atoms with van der Waals surface area (Å²) in [7, 11) is 0. The molecule has 0 aromatic carbocycles. The van der Waals surface area contributed by atoms with Crippen LogP contribution >= 0.6 is 0 Å². The summed E-state index contributed by atoms with van der Waals surface area (Å²) in [6.45, 7) is 3.70. The fourth-order valence-corrected chi connectivity index (χ4v) is 0.713. The highest BCUT2D eigenvalue weighted by Gasteiger charge is 1.94. The van der Waals surface area contributed by atoms with Crippen LogP contribution in [0.3, 0.4) is 0 Å². The lowest BCUT2D eigenvalue weighted by Crippen LogP contribution is -2.00. The van der Waals surface area contributed by atoms with Gasteiger partial charge >= 0.3 is 0 Å². The highest BCUT2D eigenvalue weighted by atomic mass is 16.3. The number of aliphatic hydroxyl groups excluding tert-OH is 2. The second-order valence-corrected chi connectivity index (χ2v) is 2.37. The van der Waals surface area contributed by atoms with Gasteiger partial charge < -0.3 is 10.2 Å². The van der Waals surface area contributed by atoms with Gasteiger partial charge in [0.2, 0.25) is 0 Å². The van der Waals surface area contributed by atoms with E-state index in [2.05, 4.69) is 6.58 Å². The first-order valence-electron chi connectivity index (χ1n) is 3.87. The molecule has 0 fully saturated rings. The van der Waals surface area contributed by atoms with Crippen molar-refractivity contribution in [2.24, 2.45) is 0 Å². The standard InChI is InChI=1S/C9H16O2/c1-2-3-6-9(11)7-4-5-8-10/h2,4,7,9-11H,1,3,5-6,8H2/b7-4+. The van der Waals surface area contributed by atoms with Gasteiger partial charge in [-0.15, -0.1) is 6.58 Å². The van der Waals surface area contributed by atoms with E-state index in [1.54, 1.807) is 18.2 Å². The van der Waals surface area contributed by atoms with Crippen molar-refractivity contribution in [3.05, 3.63) is 24.8 Å². The SMILES string of the molecule is C=CCCC(O)/C=C/CCO. The van der Waals surface area contributed by atoms with Crippen LogP contribution in [-0.2, 0) is 0 Å². The van der Waals surface area contributed by atoms with Gasteiger partial charge in [0.25, 0.3) is 0 Å². The predicted molar refractivity (Wildman–Crippen MR) is 46.3 cm³/mol. The van der Waals surface area contributed by atoms with Crippen molar-refractivity contribution in [2.75, 3.05) is 6.61 Å². The summed E-state index contributed by atoms with van der Waals surface area (Å²) in [5, 5.41) is 17.6. The van der Waals surface area contributed by atoms with E-state index in [0.717, 1.165) is 6.42 Å². The van der Waals surface area contributed by atoms with E-state index in [1.165, 1.54) is 0 Å². The van der Waals surface area contributed by atoms with Crippen LogP contribution in [0.2, 0.25) is 0 Å². The van der Waals surface area contributed by atoms with E-state index in [-0.39, 0.29) is 12.7 Å². The van der Waals surface area contributed by atoms with Crippen LogP contribution in [0.25, 0.3) is 0 Å². The second-order valence-electron chi connectivity index (χ2n) is 2.37. The maximum Gasteiger partial charge on any atom is 0.0723 e. The third-order valence-electron chi connectivity index (χ3n) is 1.32. The molecule has 0 saturated heterocycles. The van der Waals surface area contributed by atoms with Crippen molar-refractivity contribution in [1.82, 2.24) is 0 Å². The molecule has 2 N–H and O–H groups in total. The van der Waals surface area contributed by atoms with Crippen molar-refractivity contribution in [1.29, 1.82) is 0 Å². The molecule has 1 atom stereocenters. The first-order valence-corrected chi connectivity index (χ1v) is 3.87. The Morgan fingerprint density at radius 3 is 2.64 bits per heavy atom. The van der Waals surface area contributed by atoms with Gasteiger partial charge in [0, 0.05) is 6.61 Å². The molecule has 0 rings (SSSR count). The number of hydrogen-bond donors (Lipinski definition) is 2. The molecule has 2 heteroatoms. The first kappa shape index (κ1) is 10.4. The molecular weight excluding hydrogens is 140 g/mol. The second kappa shape index (κ2) is 7.51. The molecule has 0 aromatic rings. The number of aliphatic hydroxyl groups is 2. The van der Waals surface area contributed by atoms with Gasteiger partial charge in [0.15, 0.2) is 0 Å². The summed E-state index contributed by atoms with van der Waals surface area (Å²) < 4.78 is 0. The zero-order valence-corrected chi connectivity index (χ0v) is 6.74. The highest BCUT2D eigenvalue weighted by molar-refractivity contribution is 4.89. The lowest BCUT2D eigenvalue weighted by atomic mass is 10.2. The topological polar surface area (TPSA) is 40.5 Å². The molecule has 2 nitrogen and oxygen atoms in total. The molecule has 0 bridgehead atoms. The third kappa shape index (κ3) is 7.30. The van der Waals surface area contributed by atoms with Crippen LogP contribution in [0, 0.1) is 0 Å². The predicted octanol–water partition coefficient (Wildman–Crippen LogP) is 1.25. The molecule has 1 unspecified atom stereocenters. The molecule has 0 aliphatic rings. The van der Waals surface area contributed by atoms with E-state index < -0.39 is 0 Å². The summed E-state index contributed by atoms with van der Waals surface area (Å²) in [6, 6.07) is 0. The van der Waals surface area contributed by atoms with Crippen LogP contribution in [0.5, 0.6) is 0 Å². The maximum absolute atomic E-state index is 9.19. The largest absolute Gasteiger partial charge is 0.396 e. The van der Waals surface area contributed by atoms with Crippen LogP contribution in [0.15, 0.2) is 24.8 Å². The van der Waals surface area contributed by atoms with Gasteiger partial charge in [0.05, 0.1) is 6.10 Å². The normalized spacial score (nSPS) is 13.6. The molecule has 11 heavy (non-hydrogen) atoms. The van der Waals surface area contributed by atoms with E-state index in [9.17, 15) is 5.11 Å². The molecular formula is C9H16O2. The summed E-state index contributed by atoms with van der Waals surface area (Å²) in [5.41, 5.74) is 0. The number of hydrogen-bond acceptors (Lipinski definition) is 2. The van der Waals surface area contributed by atoms with Crippen LogP contribution in [0.1, 0.15) is 19.3 Å². The fraction of sp³-hybridized carbons (Fsp3) is 0.556. The third-order valence-corrected chi connectivity index (χ3v) is 1.32. The minimum absolute atomic E-state index is 0.144. The molecule has 0 heterocycles. The Labute approximate surface area is 67.9 Å². The van der Waals surface area contributed by atoms with Crippen molar-refractivity contribution < 1.29 is 10.2 Å². The molecule has 0 aliphatic heterocycles. The zero-order chi connectivity index (χ0) is 8.53. The Hall–Kier alpha value is -0.600. The average Bonchev–Trinajstić information content (AvgIpc) is 2.01. The van der Waals surface area contributed by atoms with Gasteiger partial charge in [-0.2, -0.15) is 0 Å². The number of allylic oxidation sites excluding steroid dienone is 1. The molecule has 0 aromatic heterocycles. The van der Waals surface area contributed by atoms with Gasteiger partial charge in [-0.25, -0.2) is 0 Å². The monoisotopic (exact) mass is 156 g/mol. The summed E-state index contributed by atoms with van der Waals surface area (Å²) in [5.74, 6) is 0. The average molecular weight is 156 g/mol. The van der Waals surface area contributed by atoms with Gasteiger partial charge in [-0.3, -0.25) is 0 Å². The van der Waals surface area contributed by atoms with Crippen molar-refractivity contribution in [3.63, 3.8) is 0 Å². The zero-order valence-electron chi connectivity index (χ0n) is 6.74. The maximum atomic E-state index is 9.19. The van der Waals surface area contributed by atoms with Crippen molar-refractivity contribution >= 4 is 0 Å². The Balaban J connectivity index is 3.33. The number of rotatable bonds is 6. The van der Waals surface area contributed by atoms with Gasteiger partial charge in [0.1, 0.15) is 0 Å². The first-order chi connectivity index (χ1) is 5.31. The Morgan fingerprint density at radius 1 is 1.36 bits per heavy atom. The smallest absolute Gasteiger partial charge is 0.0723 e. The Kier molecular flexibility index (Phi) is 7.10. The summed E-state index contributed by atoms with van der Waals surface area (Å²) in [6.07, 6.45) is 7.04. The summed E-state index contributed by atoms with van der Waals surface area (Å²) in [4.78, 5) is 0. The quantitative estimate of drug-likeness (QED) is 0.568. The van der Waals surface area contributed by atoms with Crippen molar-refractivity contribution in [3.8, 4) is 0 Å². The highest BCUT2D eigenvalue weighted by Crippen LogP contribution is 1.99. The Morgan fingerprint density at radius 2 is 2.09 bits per heavy atom. The lowest BCUT2D eigenvalue weighted by molar-refractivity contribution is 0.213. The van der Waals surface area contributed by atoms with Crippen molar-refractivity contribution in [2.45, 2.75) is 25.4 Å². The molecule has 0 aliphatic carbocycles. The summed E-state index contributed by atoms with van der Waals surface area (Å²) >= 11 is 0. The molecule has 0 amide bonds. The van der Waals surface area contributed by atoms with E-state index in [0.29, 0.717) is 12.8 Å². The Bertz CT molecular complexity index is 119. The lowest BCUT2D eigenvalue weighted by Gasteiger charge is -2.00. The molecule has 0 spiro atoms. The van der Waals surface area contributed by atoms with Crippen LogP contribution < -0.4 is 0 Å². The van der Waals surface area contributed by atoms with E-state index >= 15 is 0 Å².